The first-order chi connectivity index (χ1) is 10.4. The number of ether oxygens (including phenoxy) is 2. The van der Waals surface area contributed by atoms with Crippen molar-refractivity contribution in [2.45, 2.75) is 26.4 Å². The number of carboxylic acid groups (broad SMARTS) is 1. The van der Waals surface area contributed by atoms with E-state index in [2.05, 4.69) is 0 Å². The molecule has 6 heteroatoms. The Morgan fingerprint density at radius 3 is 2.36 bits per heavy atom. The molecule has 1 saturated heterocycles. The summed E-state index contributed by atoms with van der Waals surface area (Å²) >= 11 is 0. The van der Waals surface area contributed by atoms with Gasteiger partial charge in [0.2, 0.25) is 0 Å². The van der Waals surface area contributed by atoms with Crippen LogP contribution < -0.4 is 9.47 Å². The molecule has 22 heavy (non-hydrogen) atoms. The summed E-state index contributed by atoms with van der Waals surface area (Å²) in [4.78, 5) is 25.2. The molecule has 0 aromatic heterocycles. The van der Waals surface area contributed by atoms with Crippen molar-refractivity contribution in [3.63, 3.8) is 0 Å². The predicted octanol–water partition coefficient (Wildman–Crippen LogP) is 1.79. The zero-order valence-corrected chi connectivity index (χ0v) is 13.0. The van der Waals surface area contributed by atoms with Gasteiger partial charge in [-0.25, -0.2) is 0 Å². The first-order valence-electron chi connectivity index (χ1n) is 7.18. The number of carbonyl (C=O) groups is 2. The summed E-state index contributed by atoms with van der Waals surface area (Å²) in [5, 5.41) is 9.21. The Bertz CT molecular complexity index is 556. The van der Waals surface area contributed by atoms with E-state index in [1.807, 2.05) is 0 Å². The van der Waals surface area contributed by atoms with Crippen LogP contribution in [-0.4, -0.2) is 48.2 Å². The second-order valence-corrected chi connectivity index (χ2v) is 5.81. The summed E-state index contributed by atoms with van der Waals surface area (Å²) < 4.78 is 10.7. The minimum Gasteiger partial charge on any atom is -0.497 e. The zero-order valence-electron chi connectivity index (χ0n) is 13.0. The van der Waals surface area contributed by atoms with Gasteiger partial charge in [-0.2, -0.15) is 0 Å². The molecule has 120 valence electrons. The van der Waals surface area contributed by atoms with E-state index in [9.17, 15) is 14.7 Å². The minimum atomic E-state index is -0.869. The maximum Gasteiger partial charge on any atom is 0.311 e. The third-order valence-corrected chi connectivity index (χ3v) is 4.02. The number of aliphatic carboxylic acids is 1. The smallest absolute Gasteiger partial charge is 0.311 e. The van der Waals surface area contributed by atoms with Crippen LogP contribution in [0.25, 0.3) is 0 Å². The van der Waals surface area contributed by atoms with Crippen LogP contribution in [0.3, 0.4) is 0 Å². The summed E-state index contributed by atoms with van der Waals surface area (Å²) in [6, 6.07) is 6.97. The van der Waals surface area contributed by atoms with Crippen molar-refractivity contribution < 1.29 is 24.2 Å². The molecule has 0 saturated carbocycles. The maximum absolute atomic E-state index is 12.4. The first-order valence-corrected chi connectivity index (χ1v) is 7.18. The molecule has 0 bridgehead atoms. The van der Waals surface area contributed by atoms with E-state index in [0.717, 1.165) is 0 Å². The van der Waals surface area contributed by atoms with Crippen molar-refractivity contribution in [3.05, 3.63) is 24.3 Å². The van der Waals surface area contributed by atoms with E-state index < -0.39 is 17.5 Å². The van der Waals surface area contributed by atoms with Crippen LogP contribution in [0.2, 0.25) is 0 Å². The van der Waals surface area contributed by atoms with Gasteiger partial charge in [-0.1, -0.05) is 0 Å². The van der Waals surface area contributed by atoms with Crippen LogP contribution in [0.5, 0.6) is 11.5 Å². The number of carboxylic acids is 1. The average molecular weight is 307 g/mol. The number of nitrogens with zero attached hydrogens (tertiary/aromatic N) is 1. The summed E-state index contributed by atoms with van der Waals surface area (Å²) in [6.07, 6.45) is -0.201. The quantitative estimate of drug-likeness (QED) is 0.897. The molecule has 1 aliphatic heterocycles. The highest BCUT2D eigenvalue weighted by atomic mass is 16.5. The van der Waals surface area contributed by atoms with Crippen LogP contribution >= 0.6 is 0 Å². The Morgan fingerprint density at radius 1 is 1.27 bits per heavy atom. The van der Waals surface area contributed by atoms with Gasteiger partial charge in [0.1, 0.15) is 11.5 Å². The lowest BCUT2D eigenvalue weighted by atomic mass is 9.90. The van der Waals surface area contributed by atoms with Gasteiger partial charge >= 0.3 is 5.97 Å². The highest BCUT2D eigenvalue weighted by Gasteiger charge is 2.43. The molecule has 2 rings (SSSR count). The number of amides is 1. The molecule has 1 N–H and O–H groups in total. The zero-order chi connectivity index (χ0) is 16.3. The topological polar surface area (TPSA) is 76.1 Å². The van der Waals surface area contributed by atoms with Crippen LogP contribution in [0.1, 0.15) is 20.3 Å². The molecule has 2 unspecified atom stereocenters. The van der Waals surface area contributed by atoms with Gasteiger partial charge < -0.3 is 19.5 Å². The first kappa shape index (κ1) is 16.1. The molecular weight excluding hydrogens is 286 g/mol. The fourth-order valence-corrected chi connectivity index (χ4v) is 2.49. The Balaban J connectivity index is 1.96. The second kappa shape index (κ2) is 6.25. The number of methoxy groups -OCH3 is 1. The largest absolute Gasteiger partial charge is 0.497 e. The van der Waals surface area contributed by atoms with Gasteiger partial charge in [0.25, 0.3) is 5.91 Å². The second-order valence-electron chi connectivity index (χ2n) is 5.81. The summed E-state index contributed by atoms with van der Waals surface area (Å²) in [6.45, 7) is 4.00. The van der Waals surface area contributed by atoms with E-state index in [0.29, 0.717) is 24.5 Å². The SMILES string of the molecule is COc1ccc(OC(C)C(=O)N2CCC(C)(C(=O)O)C2)cc1. The molecule has 1 amide bonds. The molecule has 1 fully saturated rings. The number of carbonyl (C=O) groups excluding carboxylic acids is 1. The molecule has 1 aromatic rings. The number of hydrogen-bond donors (Lipinski definition) is 1. The number of benzene rings is 1. The number of rotatable bonds is 5. The molecule has 0 radical (unpaired) electrons. The fourth-order valence-electron chi connectivity index (χ4n) is 2.49. The summed E-state index contributed by atoms with van der Waals surface area (Å²) in [7, 11) is 1.58. The van der Waals surface area contributed by atoms with Crippen LogP contribution in [0.4, 0.5) is 0 Å². The summed E-state index contributed by atoms with van der Waals surface area (Å²) in [5.41, 5.74) is -0.866. The van der Waals surface area contributed by atoms with Gasteiger partial charge in [-0.05, 0) is 44.5 Å². The minimum absolute atomic E-state index is 0.194. The van der Waals surface area contributed by atoms with E-state index in [1.165, 1.54) is 0 Å². The van der Waals surface area contributed by atoms with Crippen molar-refractivity contribution in [1.82, 2.24) is 4.90 Å². The lowest BCUT2D eigenvalue weighted by molar-refractivity contribution is -0.147. The van der Waals surface area contributed by atoms with E-state index in [4.69, 9.17) is 9.47 Å². The van der Waals surface area contributed by atoms with E-state index >= 15 is 0 Å². The molecular formula is C16H21NO5. The molecule has 1 heterocycles. The molecule has 0 spiro atoms. The standard InChI is InChI=1S/C16H21NO5/c1-11(22-13-6-4-12(21-3)5-7-13)14(18)17-9-8-16(2,10-17)15(19)20/h4-7,11H,8-10H2,1-3H3,(H,19,20). The highest BCUT2D eigenvalue weighted by molar-refractivity contribution is 5.83. The van der Waals surface area contributed by atoms with Crippen molar-refractivity contribution in [3.8, 4) is 11.5 Å². The highest BCUT2D eigenvalue weighted by Crippen LogP contribution is 2.30. The molecule has 2 atom stereocenters. The van der Waals surface area contributed by atoms with E-state index in [-0.39, 0.29) is 12.5 Å². The van der Waals surface area contributed by atoms with Crippen LogP contribution in [0, 0.1) is 5.41 Å². The van der Waals surface area contributed by atoms with Gasteiger partial charge in [0.05, 0.1) is 12.5 Å². The summed E-state index contributed by atoms with van der Waals surface area (Å²) in [5.74, 6) is 0.220. The van der Waals surface area contributed by atoms with Crippen molar-refractivity contribution in [1.29, 1.82) is 0 Å². The monoisotopic (exact) mass is 307 g/mol. The van der Waals surface area contributed by atoms with Crippen LogP contribution in [0.15, 0.2) is 24.3 Å². The Morgan fingerprint density at radius 2 is 1.86 bits per heavy atom. The van der Waals surface area contributed by atoms with Gasteiger partial charge in [0.15, 0.2) is 6.10 Å². The molecule has 1 aromatic carbocycles. The number of hydrogen-bond acceptors (Lipinski definition) is 4. The third-order valence-electron chi connectivity index (χ3n) is 4.02. The Hall–Kier alpha value is -2.24. The molecule has 6 nitrogen and oxygen atoms in total. The van der Waals surface area contributed by atoms with Crippen molar-refractivity contribution >= 4 is 11.9 Å². The maximum atomic E-state index is 12.4. The Labute approximate surface area is 129 Å². The van der Waals surface area contributed by atoms with Crippen molar-refractivity contribution in [2.75, 3.05) is 20.2 Å². The molecule has 0 aliphatic carbocycles. The van der Waals surface area contributed by atoms with Crippen molar-refractivity contribution in [2.24, 2.45) is 5.41 Å². The van der Waals surface area contributed by atoms with Crippen LogP contribution in [-0.2, 0) is 9.59 Å². The van der Waals surface area contributed by atoms with Gasteiger partial charge in [0, 0.05) is 13.1 Å². The number of likely N-dealkylation sites (tertiary alicyclic amines) is 1. The third kappa shape index (κ3) is 3.32. The lowest BCUT2D eigenvalue weighted by Gasteiger charge is -2.23. The normalized spacial score (nSPS) is 22.2. The van der Waals surface area contributed by atoms with E-state index in [1.54, 1.807) is 50.1 Å². The van der Waals surface area contributed by atoms with Gasteiger partial charge in [-0.3, -0.25) is 9.59 Å². The lowest BCUT2D eigenvalue weighted by Crippen LogP contribution is -2.41. The Kier molecular flexibility index (Phi) is 4.59. The van der Waals surface area contributed by atoms with Gasteiger partial charge in [-0.15, -0.1) is 0 Å². The predicted molar refractivity (Wildman–Crippen MR) is 80.0 cm³/mol. The molecule has 1 aliphatic rings. The average Bonchev–Trinajstić information content (AvgIpc) is 2.91. The fraction of sp³-hybridized carbons (Fsp3) is 0.500.